The highest BCUT2D eigenvalue weighted by Gasteiger charge is 2.11. The Morgan fingerprint density at radius 1 is 1.09 bits per heavy atom. The van der Waals surface area contributed by atoms with E-state index in [0.29, 0.717) is 17.1 Å². The largest absolute Gasteiger partial charge is 0.322 e. The van der Waals surface area contributed by atoms with Gasteiger partial charge >= 0.3 is 0 Å². The van der Waals surface area contributed by atoms with Gasteiger partial charge in [0.2, 0.25) is 5.82 Å². The van der Waals surface area contributed by atoms with Crippen molar-refractivity contribution in [2.75, 3.05) is 5.32 Å². The first-order valence-corrected chi connectivity index (χ1v) is 6.24. The molecule has 0 unspecified atom stereocenters. The Hall–Kier alpha value is -3.16. The monoisotopic (exact) mass is 301 g/mol. The first-order valence-electron chi connectivity index (χ1n) is 6.24. The highest BCUT2D eigenvalue weighted by atomic mass is 19.2. The van der Waals surface area contributed by atoms with E-state index >= 15 is 0 Å². The molecule has 0 saturated heterocycles. The van der Waals surface area contributed by atoms with Gasteiger partial charge in [0.05, 0.1) is 0 Å². The number of amides is 1. The molecule has 0 aliphatic heterocycles. The number of benzene rings is 2. The predicted molar refractivity (Wildman–Crippen MR) is 73.9 cm³/mol. The summed E-state index contributed by atoms with van der Waals surface area (Å²) >= 11 is 0. The lowest BCUT2D eigenvalue weighted by molar-refractivity contribution is 0.102. The van der Waals surface area contributed by atoms with E-state index in [-0.39, 0.29) is 5.56 Å². The zero-order valence-corrected chi connectivity index (χ0v) is 11.0. The summed E-state index contributed by atoms with van der Waals surface area (Å²) in [5.74, 6) is -2.25. The summed E-state index contributed by atoms with van der Waals surface area (Å²) < 4.78 is 26.0. The minimum Gasteiger partial charge on any atom is -0.322 e. The van der Waals surface area contributed by atoms with Crippen molar-refractivity contribution in [3.8, 4) is 11.4 Å². The summed E-state index contributed by atoms with van der Waals surface area (Å²) in [7, 11) is 0. The molecule has 8 heteroatoms. The van der Waals surface area contributed by atoms with Crippen LogP contribution in [0.5, 0.6) is 0 Å². The number of nitrogens with zero attached hydrogens (tertiary/aromatic N) is 3. The van der Waals surface area contributed by atoms with Crippen molar-refractivity contribution in [1.29, 1.82) is 0 Å². The fourth-order valence-corrected chi connectivity index (χ4v) is 1.86. The highest BCUT2D eigenvalue weighted by Crippen LogP contribution is 2.19. The van der Waals surface area contributed by atoms with Gasteiger partial charge < -0.3 is 5.32 Å². The average Bonchev–Trinajstić information content (AvgIpc) is 3.04. The van der Waals surface area contributed by atoms with E-state index in [0.717, 1.165) is 12.1 Å². The van der Waals surface area contributed by atoms with E-state index in [1.54, 1.807) is 24.3 Å². The fourth-order valence-electron chi connectivity index (χ4n) is 1.86. The van der Waals surface area contributed by atoms with Crippen molar-refractivity contribution < 1.29 is 13.6 Å². The first-order chi connectivity index (χ1) is 10.6. The van der Waals surface area contributed by atoms with E-state index in [9.17, 15) is 13.6 Å². The molecule has 1 heterocycles. The summed E-state index contributed by atoms with van der Waals surface area (Å²) in [4.78, 5) is 12.0. The average molecular weight is 301 g/mol. The molecule has 0 bridgehead atoms. The maximum atomic E-state index is 13.1. The van der Waals surface area contributed by atoms with Crippen molar-refractivity contribution in [3.63, 3.8) is 0 Å². The molecule has 22 heavy (non-hydrogen) atoms. The van der Waals surface area contributed by atoms with Gasteiger partial charge in [0, 0.05) is 16.8 Å². The van der Waals surface area contributed by atoms with Crippen LogP contribution in [0.15, 0.2) is 42.5 Å². The SMILES string of the molecule is O=C(Nc1cccc(-c2nn[nH]n2)c1)c1ccc(F)c(F)c1. The number of carbonyl (C=O) groups is 1. The van der Waals surface area contributed by atoms with Gasteiger partial charge in [-0.15, -0.1) is 10.2 Å². The standard InChI is InChI=1S/C14H9F2N5O/c15-11-5-4-9(7-12(11)16)14(22)17-10-3-1-2-8(6-10)13-18-20-21-19-13/h1-7H,(H,17,22)(H,18,19,20,21). The van der Waals surface area contributed by atoms with Gasteiger partial charge in [-0.3, -0.25) is 4.79 Å². The molecular formula is C14H9F2N5O. The molecular weight excluding hydrogens is 292 g/mol. The van der Waals surface area contributed by atoms with Gasteiger partial charge in [0.1, 0.15) is 0 Å². The number of carbonyl (C=O) groups excluding carboxylic acids is 1. The maximum absolute atomic E-state index is 13.1. The van der Waals surface area contributed by atoms with Gasteiger partial charge in [0.25, 0.3) is 5.91 Å². The molecule has 0 fully saturated rings. The molecule has 0 atom stereocenters. The van der Waals surface area contributed by atoms with Crippen molar-refractivity contribution in [3.05, 3.63) is 59.7 Å². The quantitative estimate of drug-likeness (QED) is 0.778. The van der Waals surface area contributed by atoms with E-state index in [4.69, 9.17) is 0 Å². The number of rotatable bonds is 3. The summed E-state index contributed by atoms with van der Waals surface area (Å²) in [6.07, 6.45) is 0. The number of hydrogen-bond donors (Lipinski definition) is 2. The second-order valence-electron chi connectivity index (χ2n) is 4.40. The Labute approximate surface area is 123 Å². The number of tetrazole rings is 1. The van der Waals surface area contributed by atoms with Crippen LogP contribution in [0.1, 0.15) is 10.4 Å². The van der Waals surface area contributed by atoms with E-state index in [1.165, 1.54) is 6.07 Å². The Kier molecular flexibility index (Phi) is 3.57. The molecule has 0 spiro atoms. The van der Waals surface area contributed by atoms with Gasteiger partial charge in [0.15, 0.2) is 11.6 Å². The van der Waals surface area contributed by atoms with Crippen molar-refractivity contribution >= 4 is 11.6 Å². The lowest BCUT2D eigenvalue weighted by atomic mass is 10.1. The van der Waals surface area contributed by atoms with Crippen LogP contribution in [0.3, 0.4) is 0 Å². The molecule has 6 nitrogen and oxygen atoms in total. The maximum Gasteiger partial charge on any atom is 0.255 e. The van der Waals surface area contributed by atoms with Gasteiger partial charge in [-0.25, -0.2) is 8.78 Å². The van der Waals surface area contributed by atoms with Crippen LogP contribution < -0.4 is 5.32 Å². The lowest BCUT2D eigenvalue weighted by Crippen LogP contribution is -2.12. The van der Waals surface area contributed by atoms with Crippen LogP contribution in [0.4, 0.5) is 14.5 Å². The Morgan fingerprint density at radius 2 is 1.95 bits per heavy atom. The zero-order valence-electron chi connectivity index (χ0n) is 11.0. The molecule has 110 valence electrons. The predicted octanol–water partition coefficient (Wildman–Crippen LogP) is 2.40. The summed E-state index contributed by atoms with van der Waals surface area (Å²) in [6, 6.07) is 9.69. The first kappa shape index (κ1) is 13.8. The summed E-state index contributed by atoms with van der Waals surface area (Å²) in [5.41, 5.74) is 1.14. The van der Waals surface area contributed by atoms with E-state index in [2.05, 4.69) is 25.9 Å². The summed E-state index contributed by atoms with van der Waals surface area (Å²) in [6.45, 7) is 0. The van der Waals surface area contributed by atoms with Gasteiger partial charge in [-0.2, -0.15) is 5.21 Å². The number of nitrogens with one attached hydrogen (secondary N) is 2. The molecule has 1 amide bonds. The number of hydrogen-bond acceptors (Lipinski definition) is 4. The van der Waals surface area contributed by atoms with Crippen LogP contribution in [0.25, 0.3) is 11.4 Å². The minimum atomic E-state index is -1.08. The van der Waals surface area contributed by atoms with Crippen LogP contribution >= 0.6 is 0 Å². The molecule has 2 N–H and O–H groups in total. The third kappa shape index (κ3) is 2.80. The Balaban J connectivity index is 1.82. The third-order valence-electron chi connectivity index (χ3n) is 2.91. The Bertz CT molecular complexity index is 820. The molecule has 3 aromatic rings. The molecule has 0 saturated carbocycles. The van der Waals surface area contributed by atoms with Crippen molar-refractivity contribution in [2.45, 2.75) is 0 Å². The molecule has 1 aromatic heterocycles. The lowest BCUT2D eigenvalue weighted by Gasteiger charge is -2.06. The topological polar surface area (TPSA) is 83.6 Å². The Morgan fingerprint density at radius 3 is 2.68 bits per heavy atom. The molecule has 0 aliphatic rings. The van der Waals surface area contributed by atoms with Crippen LogP contribution in [0.2, 0.25) is 0 Å². The highest BCUT2D eigenvalue weighted by molar-refractivity contribution is 6.04. The molecule has 0 radical (unpaired) electrons. The number of aromatic nitrogens is 4. The van der Waals surface area contributed by atoms with Crippen molar-refractivity contribution in [1.82, 2.24) is 20.6 Å². The molecule has 3 rings (SSSR count). The normalized spacial score (nSPS) is 10.5. The fraction of sp³-hybridized carbons (Fsp3) is 0. The number of aromatic amines is 1. The second kappa shape index (κ2) is 5.68. The smallest absolute Gasteiger partial charge is 0.255 e. The zero-order chi connectivity index (χ0) is 15.5. The van der Waals surface area contributed by atoms with Crippen LogP contribution in [-0.2, 0) is 0 Å². The summed E-state index contributed by atoms with van der Waals surface area (Å²) in [5, 5.41) is 16.0. The van der Waals surface area contributed by atoms with Gasteiger partial charge in [-0.05, 0) is 35.5 Å². The van der Waals surface area contributed by atoms with Crippen molar-refractivity contribution in [2.24, 2.45) is 0 Å². The number of H-pyrrole nitrogens is 1. The van der Waals surface area contributed by atoms with Crippen LogP contribution in [-0.4, -0.2) is 26.5 Å². The van der Waals surface area contributed by atoms with Crippen LogP contribution in [0, 0.1) is 11.6 Å². The number of anilines is 1. The minimum absolute atomic E-state index is 0.0175. The van der Waals surface area contributed by atoms with E-state index < -0.39 is 17.5 Å². The molecule has 0 aliphatic carbocycles. The molecule has 2 aromatic carbocycles. The van der Waals surface area contributed by atoms with E-state index in [1.807, 2.05) is 0 Å². The number of halogens is 2. The second-order valence-corrected chi connectivity index (χ2v) is 4.40. The van der Waals surface area contributed by atoms with Gasteiger partial charge in [-0.1, -0.05) is 12.1 Å². The third-order valence-corrected chi connectivity index (χ3v) is 2.91.